The van der Waals surface area contributed by atoms with Crippen LogP contribution in [0.3, 0.4) is 0 Å². The number of pyridine rings is 1. The van der Waals surface area contributed by atoms with Crippen LogP contribution in [0.25, 0.3) is 5.65 Å². The van der Waals surface area contributed by atoms with Gasteiger partial charge in [-0.1, -0.05) is 6.92 Å². The number of nitrogens with zero attached hydrogens (tertiary/aromatic N) is 3. The van der Waals surface area contributed by atoms with Crippen LogP contribution in [0.15, 0.2) is 18.3 Å². The van der Waals surface area contributed by atoms with Crippen LogP contribution >= 0.6 is 0 Å². The summed E-state index contributed by atoms with van der Waals surface area (Å²) >= 11 is 0. The van der Waals surface area contributed by atoms with E-state index in [2.05, 4.69) is 4.98 Å². The molecule has 3 heterocycles. The van der Waals surface area contributed by atoms with E-state index in [0.29, 0.717) is 12.3 Å². The van der Waals surface area contributed by atoms with E-state index in [1.807, 2.05) is 41.5 Å². The number of hydrogen-bond donors (Lipinski definition) is 0. The van der Waals surface area contributed by atoms with Crippen LogP contribution < -0.4 is 4.74 Å². The summed E-state index contributed by atoms with van der Waals surface area (Å²) in [6.07, 6.45) is 6.04. The Morgan fingerprint density at radius 3 is 2.73 bits per heavy atom. The van der Waals surface area contributed by atoms with Crippen LogP contribution in [0.1, 0.15) is 49.3 Å². The third-order valence-corrected chi connectivity index (χ3v) is 4.17. The quantitative estimate of drug-likeness (QED) is 0.872. The molecule has 3 rings (SSSR count). The molecular weight excluding hydrogens is 278 g/mol. The molecule has 0 aliphatic carbocycles. The first-order chi connectivity index (χ1) is 10.8. The number of fused-ring (bicyclic) bond motifs is 1. The van der Waals surface area contributed by atoms with E-state index in [-0.39, 0.29) is 5.91 Å². The van der Waals surface area contributed by atoms with E-state index >= 15 is 0 Å². The summed E-state index contributed by atoms with van der Waals surface area (Å²) < 4.78 is 7.54. The Labute approximate surface area is 130 Å². The lowest BCUT2D eigenvalue weighted by molar-refractivity contribution is 0.0716. The maximum absolute atomic E-state index is 12.9. The van der Waals surface area contributed by atoms with Gasteiger partial charge in [0, 0.05) is 19.3 Å². The molecule has 1 amide bonds. The number of ether oxygens (including phenoxy) is 1. The van der Waals surface area contributed by atoms with Crippen molar-refractivity contribution in [2.75, 3.05) is 19.7 Å². The van der Waals surface area contributed by atoms with E-state index in [1.165, 1.54) is 6.42 Å². The lowest BCUT2D eigenvalue weighted by Gasteiger charge is -2.26. The second kappa shape index (κ2) is 6.38. The number of hydrogen-bond acceptors (Lipinski definition) is 3. The molecule has 1 saturated heterocycles. The maximum Gasteiger partial charge on any atom is 0.272 e. The smallest absolute Gasteiger partial charge is 0.272 e. The molecule has 0 saturated carbocycles. The SMILES string of the molecule is CCOc1cccn2c(C(=O)N3CCCCC3)c(CC)nc12. The van der Waals surface area contributed by atoms with Crippen LogP contribution in [0.2, 0.25) is 0 Å². The molecule has 0 atom stereocenters. The van der Waals surface area contributed by atoms with Gasteiger partial charge in [-0.25, -0.2) is 4.98 Å². The number of rotatable bonds is 4. The Kier molecular flexibility index (Phi) is 4.32. The van der Waals surface area contributed by atoms with Crippen LogP contribution in [0.5, 0.6) is 5.75 Å². The number of carbonyl (C=O) groups excluding carboxylic acids is 1. The molecular formula is C17H23N3O2. The van der Waals surface area contributed by atoms with Crippen LogP contribution in [0.4, 0.5) is 0 Å². The summed E-state index contributed by atoms with van der Waals surface area (Å²) in [5, 5.41) is 0. The largest absolute Gasteiger partial charge is 0.490 e. The normalized spacial score (nSPS) is 15.3. The summed E-state index contributed by atoms with van der Waals surface area (Å²) in [7, 11) is 0. The van der Waals surface area contributed by atoms with Crippen molar-refractivity contribution in [2.24, 2.45) is 0 Å². The Hall–Kier alpha value is -2.04. The van der Waals surface area contributed by atoms with Gasteiger partial charge in [0.15, 0.2) is 11.4 Å². The van der Waals surface area contributed by atoms with Gasteiger partial charge >= 0.3 is 0 Å². The van der Waals surface area contributed by atoms with Crippen molar-refractivity contribution in [3.8, 4) is 5.75 Å². The van der Waals surface area contributed by atoms with Crippen LogP contribution in [-0.4, -0.2) is 39.9 Å². The van der Waals surface area contributed by atoms with E-state index in [4.69, 9.17) is 4.74 Å². The highest BCUT2D eigenvalue weighted by molar-refractivity contribution is 5.95. The summed E-state index contributed by atoms with van der Waals surface area (Å²) in [6, 6.07) is 3.81. The number of piperidine rings is 1. The molecule has 0 N–H and O–H groups in total. The number of aromatic nitrogens is 2. The van der Waals surface area contributed by atoms with Crippen molar-refractivity contribution in [2.45, 2.75) is 39.5 Å². The number of imidazole rings is 1. The van der Waals surface area contributed by atoms with Crippen LogP contribution in [0, 0.1) is 0 Å². The van der Waals surface area contributed by atoms with Crippen LogP contribution in [-0.2, 0) is 6.42 Å². The number of aryl methyl sites for hydroxylation is 1. The number of carbonyl (C=O) groups is 1. The fraction of sp³-hybridized carbons (Fsp3) is 0.529. The number of likely N-dealkylation sites (tertiary alicyclic amines) is 1. The maximum atomic E-state index is 12.9. The molecule has 5 nitrogen and oxygen atoms in total. The standard InChI is InChI=1S/C17H23N3O2/c1-3-13-15(17(21)19-10-6-5-7-11-19)20-12-8-9-14(22-4-2)16(20)18-13/h8-9,12H,3-7,10-11H2,1-2H3. The highest BCUT2D eigenvalue weighted by Gasteiger charge is 2.25. The predicted octanol–water partition coefficient (Wildman–Crippen LogP) is 2.92. The molecule has 1 aliphatic heterocycles. The van der Waals surface area contributed by atoms with Crippen molar-refractivity contribution >= 4 is 11.6 Å². The third-order valence-electron chi connectivity index (χ3n) is 4.17. The van der Waals surface area contributed by atoms with Crippen molar-refractivity contribution in [3.63, 3.8) is 0 Å². The fourth-order valence-electron chi connectivity index (χ4n) is 3.08. The predicted molar refractivity (Wildman–Crippen MR) is 85.5 cm³/mol. The first kappa shape index (κ1) is 14.9. The van der Waals surface area contributed by atoms with Gasteiger partial charge < -0.3 is 9.64 Å². The fourth-order valence-corrected chi connectivity index (χ4v) is 3.08. The van der Waals surface area contributed by atoms with Crippen molar-refractivity contribution in [1.82, 2.24) is 14.3 Å². The first-order valence-electron chi connectivity index (χ1n) is 8.18. The van der Waals surface area contributed by atoms with Gasteiger partial charge in [-0.05, 0) is 44.7 Å². The summed E-state index contributed by atoms with van der Waals surface area (Å²) in [6.45, 7) is 6.27. The molecule has 0 spiro atoms. The average molecular weight is 301 g/mol. The zero-order valence-electron chi connectivity index (χ0n) is 13.3. The molecule has 0 bridgehead atoms. The van der Waals surface area contributed by atoms with Gasteiger partial charge in [-0.2, -0.15) is 0 Å². The van der Waals surface area contributed by atoms with E-state index in [1.54, 1.807) is 0 Å². The Morgan fingerprint density at radius 2 is 2.05 bits per heavy atom. The molecule has 2 aromatic rings. The van der Waals surface area contributed by atoms with E-state index in [0.717, 1.165) is 49.4 Å². The second-order valence-corrected chi connectivity index (χ2v) is 5.61. The lowest BCUT2D eigenvalue weighted by Crippen LogP contribution is -2.36. The van der Waals surface area contributed by atoms with Crippen molar-refractivity contribution in [3.05, 3.63) is 29.7 Å². The second-order valence-electron chi connectivity index (χ2n) is 5.61. The first-order valence-corrected chi connectivity index (χ1v) is 8.18. The van der Waals surface area contributed by atoms with Gasteiger partial charge in [-0.15, -0.1) is 0 Å². The van der Waals surface area contributed by atoms with Gasteiger partial charge in [0.2, 0.25) is 0 Å². The van der Waals surface area contributed by atoms with Gasteiger partial charge in [0.1, 0.15) is 5.69 Å². The van der Waals surface area contributed by atoms with Gasteiger partial charge in [-0.3, -0.25) is 9.20 Å². The summed E-state index contributed by atoms with van der Waals surface area (Å²) in [5.74, 6) is 0.829. The molecule has 1 aliphatic rings. The molecule has 118 valence electrons. The topological polar surface area (TPSA) is 46.8 Å². The molecule has 0 aromatic carbocycles. The molecule has 2 aromatic heterocycles. The van der Waals surface area contributed by atoms with E-state index in [9.17, 15) is 4.79 Å². The minimum Gasteiger partial charge on any atom is -0.490 e. The third kappa shape index (κ3) is 2.56. The van der Waals surface area contributed by atoms with Crippen molar-refractivity contribution in [1.29, 1.82) is 0 Å². The Bertz CT molecular complexity index is 672. The minimum atomic E-state index is 0.0951. The zero-order chi connectivity index (χ0) is 15.5. The van der Waals surface area contributed by atoms with Gasteiger partial charge in [0.25, 0.3) is 5.91 Å². The molecule has 0 unspecified atom stereocenters. The molecule has 1 fully saturated rings. The van der Waals surface area contributed by atoms with E-state index < -0.39 is 0 Å². The molecule has 22 heavy (non-hydrogen) atoms. The van der Waals surface area contributed by atoms with Crippen molar-refractivity contribution < 1.29 is 9.53 Å². The highest BCUT2D eigenvalue weighted by atomic mass is 16.5. The monoisotopic (exact) mass is 301 g/mol. The highest BCUT2D eigenvalue weighted by Crippen LogP contribution is 2.24. The average Bonchev–Trinajstić information content (AvgIpc) is 2.95. The zero-order valence-corrected chi connectivity index (χ0v) is 13.3. The molecule has 5 heteroatoms. The summed E-state index contributed by atoms with van der Waals surface area (Å²) in [5.41, 5.74) is 2.28. The summed E-state index contributed by atoms with van der Waals surface area (Å²) in [4.78, 5) is 19.6. The van der Waals surface area contributed by atoms with Gasteiger partial charge in [0.05, 0.1) is 12.3 Å². The Morgan fingerprint density at radius 1 is 1.27 bits per heavy atom. The lowest BCUT2D eigenvalue weighted by atomic mass is 10.1. The number of amides is 1. The minimum absolute atomic E-state index is 0.0951. The Balaban J connectivity index is 2.07. The molecule has 0 radical (unpaired) electrons.